The molecule has 3 N–H and O–H groups in total. The summed E-state index contributed by atoms with van der Waals surface area (Å²) in [5.41, 5.74) is 1.04. The third kappa shape index (κ3) is 4.00. The number of hydrogen-bond acceptors (Lipinski definition) is 3. The quantitative estimate of drug-likeness (QED) is 0.657. The van der Waals surface area contributed by atoms with Crippen LogP contribution in [0.5, 0.6) is 0 Å². The summed E-state index contributed by atoms with van der Waals surface area (Å²) in [6, 6.07) is 9.66. The Balaban J connectivity index is 2.50. The molecular formula is C12H19NO2. The Labute approximate surface area is 90.8 Å². The summed E-state index contributed by atoms with van der Waals surface area (Å²) in [6.07, 6.45) is 0.377. The number of nitrogens with one attached hydrogen (secondary N) is 1. The third-order valence-electron chi connectivity index (χ3n) is 2.46. The van der Waals surface area contributed by atoms with Crippen molar-refractivity contribution in [3.8, 4) is 0 Å². The third-order valence-corrected chi connectivity index (χ3v) is 2.46. The van der Waals surface area contributed by atoms with Crippen LogP contribution in [0.2, 0.25) is 0 Å². The average Bonchev–Trinajstić information content (AvgIpc) is 2.31. The minimum Gasteiger partial charge on any atom is -0.394 e. The molecule has 2 atom stereocenters. The van der Waals surface area contributed by atoms with Gasteiger partial charge in [0, 0.05) is 6.54 Å². The van der Waals surface area contributed by atoms with Crippen LogP contribution in [0.4, 0.5) is 0 Å². The second-order valence-electron chi connectivity index (χ2n) is 3.62. The molecule has 0 spiro atoms. The van der Waals surface area contributed by atoms with Crippen LogP contribution in [-0.2, 0) is 0 Å². The highest BCUT2D eigenvalue weighted by Gasteiger charge is 2.10. The van der Waals surface area contributed by atoms with Crippen LogP contribution in [0.3, 0.4) is 0 Å². The normalized spacial score (nSPS) is 14.9. The predicted octanol–water partition coefficient (Wildman–Crippen LogP) is 1.08. The van der Waals surface area contributed by atoms with E-state index in [1.165, 1.54) is 0 Å². The van der Waals surface area contributed by atoms with Gasteiger partial charge in [-0.05, 0) is 12.0 Å². The molecule has 1 rings (SSSR count). The van der Waals surface area contributed by atoms with Crippen molar-refractivity contribution in [2.45, 2.75) is 25.5 Å². The van der Waals surface area contributed by atoms with Gasteiger partial charge in [0.05, 0.1) is 18.8 Å². The highest BCUT2D eigenvalue weighted by molar-refractivity contribution is 5.18. The average molecular weight is 209 g/mol. The zero-order chi connectivity index (χ0) is 11.1. The molecule has 0 heterocycles. The fourth-order valence-electron chi connectivity index (χ4n) is 1.40. The first-order valence-electron chi connectivity index (χ1n) is 5.35. The topological polar surface area (TPSA) is 52.5 Å². The van der Waals surface area contributed by atoms with Crippen molar-refractivity contribution in [3.05, 3.63) is 35.9 Å². The molecular weight excluding hydrogens is 190 g/mol. The minimum atomic E-state index is -0.345. The molecule has 0 saturated heterocycles. The first kappa shape index (κ1) is 12.2. The lowest BCUT2D eigenvalue weighted by atomic mass is 10.1. The number of rotatable bonds is 6. The van der Waals surface area contributed by atoms with Crippen LogP contribution in [0, 0.1) is 0 Å². The van der Waals surface area contributed by atoms with Crippen molar-refractivity contribution in [2.75, 3.05) is 13.2 Å². The van der Waals surface area contributed by atoms with E-state index in [0.29, 0.717) is 6.54 Å². The van der Waals surface area contributed by atoms with Gasteiger partial charge >= 0.3 is 0 Å². The van der Waals surface area contributed by atoms with E-state index in [4.69, 9.17) is 0 Å². The van der Waals surface area contributed by atoms with Crippen molar-refractivity contribution in [1.82, 2.24) is 5.32 Å². The molecule has 0 aliphatic heterocycles. The SMILES string of the molecule is CCC(O)CN[C@H](CO)c1ccccc1. The van der Waals surface area contributed by atoms with Gasteiger partial charge in [0.15, 0.2) is 0 Å². The van der Waals surface area contributed by atoms with Crippen LogP contribution in [0.1, 0.15) is 24.9 Å². The lowest BCUT2D eigenvalue weighted by Gasteiger charge is -2.18. The Morgan fingerprint density at radius 3 is 2.47 bits per heavy atom. The lowest BCUT2D eigenvalue weighted by Crippen LogP contribution is -2.31. The van der Waals surface area contributed by atoms with E-state index in [0.717, 1.165) is 12.0 Å². The van der Waals surface area contributed by atoms with Gasteiger partial charge < -0.3 is 15.5 Å². The van der Waals surface area contributed by atoms with E-state index < -0.39 is 0 Å². The van der Waals surface area contributed by atoms with Crippen LogP contribution in [0.15, 0.2) is 30.3 Å². The van der Waals surface area contributed by atoms with E-state index in [1.807, 2.05) is 37.3 Å². The second kappa shape index (κ2) is 6.56. The molecule has 1 aromatic carbocycles. The van der Waals surface area contributed by atoms with Crippen molar-refractivity contribution < 1.29 is 10.2 Å². The summed E-state index contributed by atoms with van der Waals surface area (Å²) in [5, 5.41) is 21.8. The van der Waals surface area contributed by atoms with Gasteiger partial charge in [-0.15, -0.1) is 0 Å². The van der Waals surface area contributed by atoms with Crippen LogP contribution in [-0.4, -0.2) is 29.5 Å². The van der Waals surface area contributed by atoms with E-state index in [9.17, 15) is 10.2 Å². The number of aliphatic hydroxyl groups is 2. The molecule has 1 aromatic rings. The lowest BCUT2D eigenvalue weighted by molar-refractivity contribution is 0.153. The highest BCUT2D eigenvalue weighted by Crippen LogP contribution is 2.11. The summed E-state index contributed by atoms with van der Waals surface area (Å²) >= 11 is 0. The molecule has 0 aliphatic rings. The van der Waals surface area contributed by atoms with Gasteiger partial charge in [-0.1, -0.05) is 37.3 Å². The molecule has 3 heteroatoms. The molecule has 84 valence electrons. The van der Waals surface area contributed by atoms with Gasteiger partial charge in [0.1, 0.15) is 0 Å². The zero-order valence-corrected chi connectivity index (χ0v) is 9.06. The largest absolute Gasteiger partial charge is 0.394 e. The van der Waals surface area contributed by atoms with Gasteiger partial charge in [-0.2, -0.15) is 0 Å². The molecule has 0 aromatic heterocycles. The van der Waals surface area contributed by atoms with Gasteiger partial charge in [0.2, 0.25) is 0 Å². The molecule has 0 bridgehead atoms. The maximum absolute atomic E-state index is 9.41. The van der Waals surface area contributed by atoms with Crippen molar-refractivity contribution >= 4 is 0 Å². The fourth-order valence-corrected chi connectivity index (χ4v) is 1.40. The molecule has 0 saturated carbocycles. The molecule has 0 aliphatic carbocycles. The molecule has 0 amide bonds. The van der Waals surface area contributed by atoms with E-state index >= 15 is 0 Å². The van der Waals surface area contributed by atoms with Crippen LogP contribution in [0.25, 0.3) is 0 Å². The fraction of sp³-hybridized carbons (Fsp3) is 0.500. The molecule has 15 heavy (non-hydrogen) atoms. The van der Waals surface area contributed by atoms with Crippen molar-refractivity contribution in [1.29, 1.82) is 0 Å². The first-order chi connectivity index (χ1) is 7.27. The van der Waals surface area contributed by atoms with Gasteiger partial charge in [-0.3, -0.25) is 0 Å². The van der Waals surface area contributed by atoms with Crippen LogP contribution < -0.4 is 5.32 Å². The summed E-state index contributed by atoms with van der Waals surface area (Å²) in [7, 11) is 0. The molecule has 0 fully saturated rings. The smallest absolute Gasteiger partial charge is 0.0662 e. The second-order valence-corrected chi connectivity index (χ2v) is 3.62. The first-order valence-corrected chi connectivity index (χ1v) is 5.35. The Morgan fingerprint density at radius 2 is 1.93 bits per heavy atom. The summed E-state index contributed by atoms with van der Waals surface area (Å²) < 4.78 is 0. The summed E-state index contributed by atoms with van der Waals surface area (Å²) in [6.45, 7) is 2.49. The number of hydrogen-bond donors (Lipinski definition) is 3. The molecule has 0 radical (unpaired) electrons. The summed E-state index contributed by atoms with van der Waals surface area (Å²) in [5.74, 6) is 0. The Bertz CT molecular complexity index is 264. The van der Waals surface area contributed by atoms with Crippen LogP contribution >= 0.6 is 0 Å². The Kier molecular flexibility index (Phi) is 5.32. The Morgan fingerprint density at radius 1 is 1.27 bits per heavy atom. The maximum atomic E-state index is 9.41. The van der Waals surface area contributed by atoms with E-state index in [2.05, 4.69) is 5.32 Å². The standard InChI is InChI=1S/C12H19NO2/c1-2-11(15)8-13-12(9-14)10-6-4-3-5-7-10/h3-7,11-15H,2,8-9H2,1H3/t11?,12-/m1/s1. The van der Waals surface area contributed by atoms with Crippen molar-refractivity contribution in [3.63, 3.8) is 0 Å². The van der Waals surface area contributed by atoms with Gasteiger partial charge in [-0.25, -0.2) is 0 Å². The minimum absolute atomic E-state index is 0.0421. The predicted molar refractivity (Wildman–Crippen MR) is 60.6 cm³/mol. The van der Waals surface area contributed by atoms with E-state index in [1.54, 1.807) is 0 Å². The zero-order valence-electron chi connectivity index (χ0n) is 9.06. The van der Waals surface area contributed by atoms with E-state index in [-0.39, 0.29) is 18.8 Å². The van der Waals surface area contributed by atoms with Gasteiger partial charge in [0.25, 0.3) is 0 Å². The van der Waals surface area contributed by atoms with Crippen molar-refractivity contribution in [2.24, 2.45) is 0 Å². The molecule has 3 nitrogen and oxygen atoms in total. The maximum Gasteiger partial charge on any atom is 0.0662 e. The summed E-state index contributed by atoms with van der Waals surface area (Å²) in [4.78, 5) is 0. The monoisotopic (exact) mass is 209 g/mol. The highest BCUT2D eigenvalue weighted by atomic mass is 16.3. The molecule has 1 unspecified atom stereocenters. The number of aliphatic hydroxyl groups excluding tert-OH is 2. The Hall–Kier alpha value is -0.900. The number of benzene rings is 1.